The van der Waals surface area contributed by atoms with Gasteiger partial charge in [-0.1, -0.05) is 45.7 Å². The smallest absolute Gasteiger partial charge is 0.240 e. The van der Waals surface area contributed by atoms with Gasteiger partial charge in [0.05, 0.1) is 18.1 Å². The predicted octanol–water partition coefficient (Wildman–Crippen LogP) is 1.56. The van der Waals surface area contributed by atoms with Crippen molar-refractivity contribution in [1.29, 1.82) is 0 Å². The lowest BCUT2D eigenvalue weighted by molar-refractivity contribution is -0.143. The number of aliphatic hydroxyl groups excluding tert-OH is 1. The third-order valence-corrected chi connectivity index (χ3v) is 8.45. The van der Waals surface area contributed by atoms with Gasteiger partial charge in [-0.05, 0) is 37.5 Å². The van der Waals surface area contributed by atoms with E-state index in [0.29, 0.717) is 5.56 Å². The highest BCUT2D eigenvalue weighted by Crippen LogP contribution is 2.47. The number of nitrogens with zero attached hydrogens (tertiary/aromatic N) is 1. The monoisotopic (exact) mass is 668 g/mol. The lowest BCUT2D eigenvalue weighted by Gasteiger charge is -2.42. The number of phenolic OH excluding ortho intramolecular Hbond substituents is 1. The molecule has 13 nitrogen and oxygen atoms in total. The minimum atomic E-state index is -1.38. The SMILES string of the molecule is [C-]#[N+]C(C)(CCC(=O)NCC#C)CC(C)(CC(C)(CC(C)(C)C(=O)NC(Cc1ccc(O)cc1)C(N)=O)C(=O)NC)C(=O)NCC(C)O. The third-order valence-electron chi connectivity index (χ3n) is 8.45. The van der Waals surface area contributed by atoms with Crippen molar-refractivity contribution >= 4 is 29.5 Å². The Balaban J connectivity index is 3.45. The maximum atomic E-state index is 13.8. The fraction of sp³-hybridized carbons (Fsp3) is 0.600. The quantitative estimate of drug-likeness (QED) is 0.0855. The number of hydrogen-bond acceptors (Lipinski definition) is 7. The summed E-state index contributed by atoms with van der Waals surface area (Å²) >= 11 is 0. The average Bonchev–Trinajstić information content (AvgIpc) is 3.01. The van der Waals surface area contributed by atoms with Crippen LogP contribution in [0.1, 0.15) is 79.2 Å². The molecule has 0 bridgehead atoms. The summed E-state index contributed by atoms with van der Waals surface area (Å²) in [4.78, 5) is 69.6. The van der Waals surface area contributed by atoms with Gasteiger partial charge in [0.15, 0.2) is 0 Å². The van der Waals surface area contributed by atoms with Gasteiger partial charge < -0.3 is 42.1 Å². The summed E-state index contributed by atoms with van der Waals surface area (Å²) in [5, 5.41) is 30.1. The van der Waals surface area contributed by atoms with E-state index < -0.39 is 57.6 Å². The van der Waals surface area contributed by atoms with E-state index >= 15 is 0 Å². The summed E-state index contributed by atoms with van der Waals surface area (Å²) in [7, 11) is 1.44. The number of carbonyl (C=O) groups excluding carboxylic acids is 5. The lowest BCUT2D eigenvalue weighted by atomic mass is 9.62. The molecule has 0 saturated heterocycles. The van der Waals surface area contributed by atoms with Gasteiger partial charge in [-0.2, -0.15) is 0 Å². The molecule has 48 heavy (non-hydrogen) atoms. The van der Waals surface area contributed by atoms with Crippen LogP contribution in [0.4, 0.5) is 0 Å². The third kappa shape index (κ3) is 12.5. The molecule has 264 valence electrons. The average molecular weight is 669 g/mol. The van der Waals surface area contributed by atoms with Crippen molar-refractivity contribution in [3.8, 4) is 18.1 Å². The zero-order valence-corrected chi connectivity index (χ0v) is 29.2. The Labute approximate surface area is 284 Å². The minimum absolute atomic E-state index is 0.0168. The number of amides is 5. The number of nitrogens with two attached hydrogens (primary N) is 1. The van der Waals surface area contributed by atoms with Crippen LogP contribution in [0.15, 0.2) is 24.3 Å². The first-order chi connectivity index (χ1) is 22.2. The number of hydrogen-bond donors (Lipinski definition) is 7. The standard InChI is InChI=1S/C35H52N6O7/c1-10-17-39-27(44)15-16-35(7,38-9)22-34(6,31(48)40-19-23(2)42)21-33(5,30(47)37-8)20-32(3,4)29(46)41-26(28(36)45)18-24-11-13-25(43)14-12-24/h1,11-14,23,26,42-43H,15-22H2,2-8H3,(H2,36,45)(H,37,47)(H,39,44)(H,40,48)(H,41,46). The van der Waals surface area contributed by atoms with Crippen LogP contribution in [0, 0.1) is 35.2 Å². The normalized spacial score (nSPS) is 16.2. The second-order valence-corrected chi connectivity index (χ2v) is 14.1. The molecule has 0 aliphatic carbocycles. The molecular weight excluding hydrogens is 616 g/mol. The van der Waals surface area contributed by atoms with Crippen LogP contribution < -0.4 is 27.0 Å². The van der Waals surface area contributed by atoms with Gasteiger partial charge in [-0.25, -0.2) is 6.57 Å². The number of phenols is 1. The molecule has 5 atom stereocenters. The van der Waals surface area contributed by atoms with E-state index in [1.165, 1.54) is 26.1 Å². The Kier molecular flexibility index (Phi) is 15.1. The Morgan fingerprint density at radius 1 is 0.958 bits per heavy atom. The lowest BCUT2D eigenvalue weighted by Crippen LogP contribution is -2.54. The van der Waals surface area contributed by atoms with E-state index in [1.807, 2.05) is 0 Å². The molecular formula is C35H52N6O7. The number of terminal acetylenes is 1. The van der Waals surface area contributed by atoms with Gasteiger partial charge in [-0.15, -0.1) is 6.42 Å². The fourth-order valence-corrected chi connectivity index (χ4v) is 6.21. The molecule has 0 aromatic heterocycles. The van der Waals surface area contributed by atoms with E-state index in [0.717, 1.165) is 0 Å². The molecule has 13 heteroatoms. The van der Waals surface area contributed by atoms with Crippen molar-refractivity contribution < 1.29 is 34.2 Å². The number of nitrogens with one attached hydrogen (secondary N) is 4. The first kappa shape index (κ1) is 41.4. The second-order valence-electron chi connectivity index (χ2n) is 14.1. The molecule has 0 aliphatic rings. The maximum Gasteiger partial charge on any atom is 0.240 e. The first-order valence-electron chi connectivity index (χ1n) is 15.8. The number of aromatic hydroxyl groups is 1. The van der Waals surface area contributed by atoms with Crippen LogP contribution in [0.3, 0.4) is 0 Å². The fourth-order valence-electron chi connectivity index (χ4n) is 6.21. The van der Waals surface area contributed by atoms with E-state index in [9.17, 15) is 34.2 Å². The summed E-state index contributed by atoms with van der Waals surface area (Å²) in [6.45, 7) is 17.6. The number of aliphatic hydroxyl groups is 1. The van der Waals surface area contributed by atoms with E-state index in [2.05, 4.69) is 32.0 Å². The molecule has 1 aromatic rings. The Morgan fingerprint density at radius 3 is 2.04 bits per heavy atom. The van der Waals surface area contributed by atoms with E-state index in [4.69, 9.17) is 18.7 Å². The van der Waals surface area contributed by atoms with Crippen LogP contribution in [-0.4, -0.2) is 77.6 Å². The molecule has 1 aromatic carbocycles. The minimum Gasteiger partial charge on any atom is -0.508 e. The largest absolute Gasteiger partial charge is 0.508 e. The predicted molar refractivity (Wildman–Crippen MR) is 182 cm³/mol. The summed E-state index contributed by atoms with van der Waals surface area (Å²) < 4.78 is 0. The van der Waals surface area contributed by atoms with Crippen molar-refractivity contribution in [2.75, 3.05) is 20.1 Å². The summed E-state index contributed by atoms with van der Waals surface area (Å²) in [5.41, 5.74) is 1.06. The molecule has 8 N–H and O–H groups in total. The maximum absolute atomic E-state index is 13.8. The molecule has 0 spiro atoms. The number of benzene rings is 1. The zero-order valence-electron chi connectivity index (χ0n) is 29.2. The zero-order chi connectivity index (χ0) is 36.9. The summed E-state index contributed by atoms with van der Waals surface area (Å²) in [6, 6.07) is 5.04. The van der Waals surface area contributed by atoms with Crippen LogP contribution in [-0.2, 0) is 30.4 Å². The van der Waals surface area contributed by atoms with Crippen molar-refractivity contribution in [3.05, 3.63) is 41.2 Å². The summed E-state index contributed by atoms with van der Waals surface area (Å²) in [5.74, 6) is -0.256. The van der Waals surface area contributed by atoms with Crippen LogP contribution in [0.2, 0.25) is 0 Å². The highest BCUT2D eigenvalue weighted by Gasteiger charge is 2.52. The first-order valence-corrected chi connectivity index (χ1v) is 15.8. The summed E-state index contributed by atoms with van der Waals surface area (Å²) in [6.07, 6.45) is 4.29. The van der Waals surface area contributed by atoms with Gasteiger partial charge in [0.25, 0.3) is 0 Å². The van der Waals surface area contributed by atoms with Gasteiger partial charge in [0.1, 0.15) is 11.8 Å². The van der Waals surface area contributed by atoms with E-state index in [1.54, 1.807) is 46.8 Å². The number of carbonyl (C=O) groups is 5. The Morgan fingerprint density at radius 2 is 1.54 bits per heavy atom. The van der Waals surface area contributed by atoms with Crippen molar-refractivity contribution in [3.63, 3.8) is 0 Å². The van der Waals surface area contributed by atoms with Crippen LogP contribution in [0.5, 0.6) is 5.75 Å². The topological polar surface area (TPSA) is 204 Å². The van der Waals surface area contributed by atoms with Gasteiger partial charge >= 0.3 is 0 Å². The molecule has 0 aliphatic heterocycles. The van der Waals surface area contributed by atoms with Gasteiger partial charge in [-0.3, -0.25) is 24.0 Å². The van der Waals surface area contributed by atoms with Crippen molar-refractivity contribution in [1.82, 2.24) is 21.3 Å². The second kappa shape index (κ2) is 17.5. The van der Waals surface area contributed by atoms with Crippen molar-refractivity contribution in [2.45, 2.75) is 97.8 Å². The highest BCUT2D eigenvalue weighted by molar-refractivity contribution is 5.91. The molecule has 5 unspecified atom stereocenters. The Bertz CT molecular complexity index is 1400. The van der Waals surface area contributed by atoms with Crippen LogP contribution >= 0.6 is 0 Å². The van der Waals surface area contributed by atoms with Crippen molar-refractivity contribution in [2.24, 2.45) is 22.0 Å². The molecule has 0 radical (unpaired) electrons. The highest BCUT2D eigenvalue weighted by atomic mass is 16.3. The van der Waals surface area contributed by atoms with Crippen LogP contribution in [0.25, 0.3) is 4.85 Å². The number of rotatable bonds is 19. The number of primary amides is 1. The Hall–Kier alpha value is -4.62. The van der Waals surface area contributed by atoms with E-state index in [-0.39, 0.29) is 63.3 Å². The molecule has 0 fully saturated rings. The van der Waals surface area contributed by atoms with Gasteiger partial charge in [0.2, 0.25) is 35.1 Å². The molecule has 5 amide bonds. The molecule has 0 saturated carbocycles. The molecule has 1 rings (SSSR count). The molecule has 0 heterocycles. The van der Waals surface area contributed by atoms with Gasteiger partial charge in [0, 0.05) is 57.0 Å².